The maximum absolute atomic E-state index is 11.6. The van der Waals surface area contributed by atoms with Gasteiger partial charge in [0.15, 0.2) is 0 Å². The van der Waals surface area contributed by atoms with Crippen LogP contribution in [0.1, 0.15) is 33.1 Å². The number of ether oxygens (including phenoxy) is 1. The van der Waals surface area contributed by atoms with Gasteiger partial charge in [0.05, 0.1) is 13.0 Å². The molecular formula is C11H19NO4. The number of nitrogens with two attached hydrogens (primary N) is 1. The van der Waals surface area contributed by atoms with Gasteiger partial charge >= 0.3 is 5.97 Å². The summed E-state index contributed by atoms with van der Waals surface area (Å²) in [6.07, 6.45) is 0.772. The van der Waals surface area contributed by atoms with Crippen LogP contribution in [-0.2, 0) is 19.1 Å². The van der Waals surface area contributed by atoms with Crippen molar-refractivity contribution in [3.05, 3.63) is 0 Å². The average molecular weight is 229 g/mol. The SMILES string of the molecule is COC(=O)[C@H](C)CC(=O)[C@H](C)CCC(N)=O. The lowest BCUT2D eigenvalue weighted by Crippen LogP contribution is -2.22. The summed E-state index contributed by atoms with van der Waals surface area (Å²) in [6, 6.07) is 0. The van der Waals surface area contributed by atoms with E-state index in [1.54, 1.807) is 13.8 Å². The number of rotatable bonds is 7. The smallest absolute Gasteiger partial charge is 0.308 e. The number of Topliss-reactive ketones (excluding diaryl/α,β-unsaturated/α-hetero) is 1. The van der Waals surface area contributed by atoms with E-state index in [0.717, 1.165) is 0 Å². The largest absolute Gasteiger partial charge is 0.469 e. The number of hydrogen-bond donors (Lipinski definition) is 1. The zero-order chi connectivity index (χ0) is 12.7. The van der Waals surface area contributed by atoms with Gasteiger partial charge in [-0.2, -0.15) is 0 Å². The zero-order valence-corrected chi connectivity index (χ0v) is 9.99. The number of ketones is 1. The Hall–Kier alpha value is -1.39. The molecule has 5 nitrogen and oxygen atoms in total. The molecule has 0 aliphatic carbocycles. The van der Waals surface area contributed by atoms with Crippen molar-refractivity contribution in [1.29, 1.82) is 0 Å². The van der Waals surface area contributed by atoms with E-state index in [1.165, 1.54) is 7.11 Å². The van der Waals surface area contributed by atoms with E-state index in [1.807, 2.05) is 0 Å². The van der Waals surface area contributed by atoms with Gasteiger partial charge in [-0.25, -0.2) is 0 Å². The molecule has 0 rings (SSSR count). The molecule has 92 valence electrons. The molecule has 0 fully saturated rings. The van der Waals surface area contributed by atoms with Crippen LogP contribution in [0.25, 0.3) is 0 Å². The molecule has 0 spiro atoms. The molecule has 0 saturated heterocycles. The monoisotopic (exact) mass is 229 g/mol. The van der Waals surface area contributed by atoms with Crippen LogP contribution < -0.4 is 5.73 Å². The maximum Gasteiger partial charge on any atom is 0.308 e. The fraction of sp³-hybridized carbons (Fsp3) is 0.727. The summed E-state index contributed by atoms with van der Waals surface area (Å²) in [7, 11) is 1.29. The topological polar surface area (TPSA) is 86.5 Å². The van der Waals surface area contributed by atoms with Crippen LogP contribution in [0.15, 0.2) is 0 Å². The van der Waals surface area contributed by atoms with Gasteiger partial charge in [-0.1, -0.05) is 13.8 Å². The number of carbonyl (C=O) groups is 3. The van der Waals surface area contributed by atoms with Crippen molar-refractivity contribution in [2.45, 2.75) is 33.1 Å². The second-order valence-corrected chi connectivity index (χ2v) is 4.00. The van der Waals surface area contributed by atoms with Crippen molar-refractivity contribution in [3.8, 4) is 0 Å². The lowest BCUT2D eigenvalue weighted by atomic mass is 9.93. The number of esters is 1. The molecule has 0 aromatic rings. The first-order valence-corrected chi connectivity index (χ1v) is 5.27. The van der Waals surface area contributed by atoms with Crippen LogP contribution in [0, 0.1) is 11.8 Å². The highest BCUT2D eigenvalue weighted by atomic mass is 16.5. The minimum Gasteiger partial charge on any atom is -0.469 e. The Morgan fingerprint density at radius 3 is 2.19 bits per heavy atom. The number of hydrogen-bond acceptors (Lipinski definition) is 4. The summed E-state index contributed by atoms with van der Waals surface area (Å²) < 4.78 is 4.53. The summed E-state index contributed by atoms with van der Waals surface area (Å²) in [5, 5.41) is 0. The molecule has 16 heavy (non-hydrogen) atoms. The first kappa shape index (κ1) is 14.6. The van der Waals surface area contributed by atoms with E-state index in [9.17, 15) is 14.4 Å². The van der Waals surface area contributed by atoms with Gasteiger partial charge in [-0.05, 0) is 6.42 Å². The van der Waals surface area contributed by atoms with Gasteiger partial charge in [-0.3, -0.25) is 14.4 Å². The molecule has 0 aliphatic rings. The highest BCUT2D eigenvalue weighted by Gasteiger charge is 2.21. The zero-order valence-electron chi connectivity index (χ0n) is 9.99. The molecule has 2 N–H and O–H groups in total. The van der Waals surface area contributed by atoms with Gasteiger partial charge in [0.25, 0.3) is 0 Å². The summed E-state index contributed by atoms with van der Waals surface area (Å²) in [5.41, 5.74) is 4.99. The third-order valence-corrected chi connectivity index (χ3v) is 2.48. The molecule has 0 aliphatic heterocycles. The number of methoxy groups -OCH3 is 1. The molecule has 0 unspecified atom stereocenters. The van der Waals surface area contributed by atoms with Crippen molar-refractivity contribution in [2.75, 3.05) is 7.11 Å². The highest BCUT2D eigenvalue weighted by Crippen LogP contribution is 2.14. The van der Waals surface area contributed by atoms with Crippen molar-refractivity contribution < 1.29 is 19.1 Å². The van der Waals surface area contributed by atoms with Gasteiger partial charge in [-0.15, -0.1) is 0 Å². The van der Waals surface area contributed by atoms with Crippen molar-refractivity contribution in [1.82, 2.24) is 0 Å². The molecule has 5 heteroatoms. The minimum atomic E-state index is -0.437. The lowest BCUT2D eigenvalue weighted by Gasteiger charge is -2.12. The molecule has 0 aromatic heterocycles. The van der Waals surface area contributed by atoms with Gasteiger partial charge < -0.3 is 10.5 Å². The first-order valence-electron chi connectivity index (χ1n) is 5.27. The fourth-order valence-corrected chi connectivity index (χ4v) is 1.31. The predicted octanol–water partition coefficient (Wildman–Crippen LogP) is 0.656. The fourth-order valence-electron chi connectivity index (χ4n) is 1.31. The van der Waals surface area contributed by atoms with E-state index in [0.29, 0.717) is 6.42 Å². The van der Waals surface area contributed by atoms with Gasteiger partial charge in [0, 0.05) is 18.8 Å². The number of amides is 1. The van der Waals surface area contributed by atoms with Crippen LogP contribution in [0.2, 0.25) is 0 Å². The van der Waals surface area contributed by atoms with Gasteiger partial charge in [0.2, 0.25) is 5.91 Å². The Labute approximate surface area is 95.3 Å². The van der Waals surface area contributed by atoms with Crippen LogP contribution >= 0.6 is 0 Å². The molecule has 1 amide bonds. The Bertz CT molecular complexity index is 275. The summed E-state index contributed by atoms with van der Waals surface area (Å²) in [5.74, 6) is -1.54. The molecule has 0 aromatic carbocycles. The molecule has 0 heterocycles. The van der Waals surface area contributed by atoms with E-state index < -0.39 is 17.8 Å². The van der Waals surface area contributed by atoms with Gasteiger partial charge in [0.1, 0.15) is 5.78 Å². The van der Waals surface area contributed by atoms with E-state index in [2.05, 4.69) is 4.74 Å². The minimum absolute atomic E-state index is 0.0425. The van der Waals surface area contributed by atoms with Crippen LogP contribution in [0.3, 0.4) is 0 Å². The standard InChI is InChI=1S/C11H19NO4/c1-7(4-5-10(12)14)9(13)6-8(2)11(15)16-3/h7-8H,4-6H2,1-3H3,(H2,12,14)/t7-,8-/m1/s1. The Kier molecular flexibility index (Phi) is 6.37. The molecule has 0 saturated carbocycles. The van der Waals surface area contributed by atoms with Crippen molar-refractivity contribution >= 4 is 17.7 Å². The summed E-state index contributed by atoms with van der Waals surface area (Å²) in [4.78, 5) is 33.3. The third kappa shape index (κ3) is 5.48. The third-order valence-electron chi connectivity index (χ3n) is 2.48. The number of carbonyl (C=O) groups excluding carboxylic acids is 3. The van der Waals surface area contributed by atoms with Crippen LogP contribution in [-0.4, -0.2) is 24.8 Å². The van der Waals surface area contributed by atoms with Crippen molar-refractivity contribution in [3.63, 3.8) is 0 Å². The average Bonchev–Trinajstić information content (AvgIpc) is 2.24. The molecular weight excluding hydrogens is 210 g/mol. The van der Waals surface area contributed by atoms with E-state index >= 15 is 0 Å². The molecule has 0 bridgehead atoms. The van der Waals surface area contributed by atoms with E-state index in [-0.39, 0.29) is 24.5 Å². The second-order valence-electron chi connectivity index (χ2n) is 4.00. The van der Waals surface area contributed by atoms with E-state index in [4.69, 9.17) is 5.73 Å². The quantitative estimate of drug-likeness (QED) is 0.649. The van der Waals surface area contributed by atoms with Crippen LogP contribution in [0.5, 0.6) is 0 Å². The molecule has 2 atom stereocenters. The lowest BCUT2D eigenvalue weighted by molar-refractivity contribution is -0.146. The maximum atomic E-state index is 11.6. The number of primary amides is 1. The summed E-state index contributed by atoms with van der Waals surface area (Å²) >= 11 is 0. The molecule has 0 radical (unpaired) electrons. The highest BCUT2D eigenvalue weighted by molar-refractivity contribution is 5.86. The Morgan fingerprint density at radius 1 is 1.19 bits per heavy atom. The Balaban J connectivity index is 4.04. The van der Waals surface area contributed by atoms with Crippen molar-refractivity contribution in [2.24, 2.45) is 17.6 Å². The normalized spacial score (nSPS) is 13.9. The summed E-state index contributed by atoms with van der Waals surface area (Å²) in [6.45, 7) is 3.37. The second kappa shape index (κ2) is 6.98. The predicted molar refractivity (Wildman–Crippen MR) is 58.4 cm³/mol. The first-order chi connectivity index (χ1) is 7.38. The Morgan fingerprint density at radius 2 is 1.75 bits per heavy atom. The van der Waals surface area contributed by atoms with Crippen LogP contribution in [0.4, 0.5) is 0 Å².